The van der Waals surface area contributed by atoms with E-state index in [2.05, 4.69) is 34.7 Å². The number of hydrogen-bond acceptors (Lipinski definition) is 7. The highest BCUT2D eigenvalue weighted by Crippen LogP contribution is 2.25. The highest BCUT2D eigenvalue weighted by Gasteiger charge is 2.14. The van der Waals surface area contributed by atoms with Gasteiger partial charge in [-0.25, -0.2) is 4.98 Å². The average molecular weight is 443 g/mol. The van der Waals surface area contributed by atoms with E-state index in [1.807, 2.05) is 29.5 Å². The first kappa shape index (κ1) is 23.7. The first-order chi connectivity index (χ1) is 15.6. The molecule has 2 N–H and O–H groups in total. The van der Waals surface area contributed by atoms with Gasteiger partial charge in [0.25, 0.3) is 0 Å². The summed E-state index contributed by atoms with van der Waals surface area (Å²) in [5, 5.41) is 15.0. The lowest BCUT2D eigenvalue weighted by Crippen LogP contribution is -2.31. The van der Waals surface area contributed by atoms with Crippen molar-refractivity contribution in [1.82, 2.24) is 24.9 Å². The lowest BCUT2D eigenvalue weighted by molar-refractivity contribution is -0.125. The minimum absolute atomic E-state index is 0.114. The van der Waals surface area contributed by atoms with Crippen LogP contribution in [0.15, 0.2) is 18.2 Å². The molecule has 9 nitrogen and oxygen atoms in total. The van der Waals surface area contributed by atoms with Gasteiger partial charge in [-0.05, 0) is 44.7 Å². The predicted molar refractivity (Wildman–Crippen MR) is 125 cm³/mol. The molecule has 0 radical (unpaired) electrons. The van der Waals surface area contributed by atoms with Crippen LogP contribution in [0, 0.1) is 12.8 Å². The fourth-order valence-corrected chi connectivity index (χ4v) is 3.68. The van der Waals surface area contributed by atoms with Gasteiger partial charge in [0.05, 0.1) is 17.6 Å². The van der Waals surface area contributed by atoms with Crippen LogP contribution in [0.3, 0.4) is 0 Å². The maximum absolute atomic E-state index is 12.1. The van der Waals surface area contributed by atoms with Gasteiger partial charge >= 0.3 is 0 Å². The molecule has 32 heavy (non-hydrogen) atoms. The molecule has 2 aromatic heterocycles. The Morgan fingerprint density at radius 1 is 1.12 bits per heavy atom. The summed E-state index contributed by atoms with van der Waals surface area (Å²) in [6.45, 7) is 8.45. The summed E-state index contributed by atoms with van der Waals surface area (Å²) in [4.78, 5) is 16.9. The summed E-state index contributed by atoms with van der Waals surface area (Å²) in [5.74, 6) is 2.50. The van der Waals surface area contributed by atoms with Crippen LogP contribution in [0.25, 0.3) is 16.7 Å². The third-order valence-corrected chi connectivity index (χ3v) is 5.56. The van der Waals surface area contributed by atoms with Crippen LogP contribution in [0.2, 0.25) is 0 Å². The number of aryl methyl sites for hydroxylation is 1. The molecule has 1 amide bonds. The SMILES string of the molecule is CCC(CC)C(=O)NCCCCNc1nc2cc(OCCOC)ccc2n2c(C)nnc12. The summed E-state index contributed by atoms with van der Waals surface area (Å²) in [7, 11) is 1.65. The van der Waals surface area contributed by atoms with Crippen molar-refractivity contribution in [2.24, 2.45) is 5.92 Å². The van der Waals surface area contributed by atoms with Crippen molar-refractivity contribution >= 4 is 28.4 Å². The van der Waals surface area contributed by atoms with E-state index in [0.717, 1.165) is 54.8 Å². The molecule has 0 aliphatic carbocycles. The van der Waals surface area contributed by atoms with E-state index in [0.29, 0.717) is 31.2 Å². The maximum Gasteiger partial charge on any atom is 0.223 e. The first-order valence-electron chi connectivity index (χ1n) is 11.4. The molecule has 0 unspecified atom stereocenters. The summed E-state index contributed by atoms with van der Waals surface area (Å²) in [5.41, 5.74) is 2.43. The zero-order valence-corrected chi connectivity index (χ0v) is 19.5. The molecule has 0 saturated carbocycles. The molecule has 3 aromatic rings. The second-order valence-electron chi connectivity index (χ2n) is 7.80. The quantitative estimate of drug-likeness (QED) is 0.391. The van der Waals surface area contributed by atoms with Crippen LogP contribution >= 0.6 is 0 Å². The van der Waals surface area contributed by atoms with Crippen molar-refractivity contribution in [3.8, 4) is 5.75 Å². The Hall–Kier alpha value is -2.94. The third kappa shape index (κ3) is 5.64. The van der Waals surface area contributed by atoms with Crippen molar-refractivity contribution in [2.45, 2.75) is 46.5 Å². The second kappa shape index (κ2) is 11.6. The van der Waals surface area contributed by atoms with Crippen LogP contribution in [-0.4, -0.2) is 58.9 Å². The molecule has 0 spiro atoms. The normalized spacial score (nSPS) is 11.4. The van der Waals surface area contributed by atoms with Gasteiger partial charge in [-0.15, -0.1) is 10.2 Å². The number of carbonyl (C=O) groups is 1. The molecule has 0 fully saturated rings. The van der Waals surface area contributed by atoms with Gasteiger partial charge < -0.3 is 20.1 Å². The Labute approximate surface area is 188 Å². The number of carbonyl (C=O) groups excluding carboxylic acids is 1. The zero-order chi connectivity index (χ0) is 22.9. The highest BCUT2D eigenvalue weighted by molar-refractivity contribution is 5.84. The van der Waals surface area contributed by atoms with Crippen LogP contribution in [0.5, 0.6) is 5.75 Å². The Bertz CT molecular complexity index is 1030. The number of anilines is 1. The van der Waals surface area contributed by atoms with Gasteiger partial charge in [-0.3, -0.25) is 9.20 Å². The molecule has 0 atom stereocenters. The largest absolute Gasteiger partial charge is 0.491 e. The van der Waals surface area contributed by atoms with Gasteiger partial charge in [0.2, 0.25) is 11.6 Å². The second-order valence-corrected chi connectivity index (χ2v) is 7.80. The lowest BCUT2D eigenvalue weighted by atomic mass is 10.0. The standard InChI is InChI=1S/C23H34N6O3/c1-5-17(6-2)23(30)25-12-8-7-11-24-21-22-28-27-16(3)29(22)20-10-9-18(15-19(20)26-21)32-14-13-31-4/h9-10,15,17H,5-8,11-14H2,1-4H3,(H,24,26)(H,25,30). The van der Waals surface area contributed by atoms with Crippen molar-refractivity contribution in [3.05, 3.63) is 24.0 Å². The van der Waals surface area contributed by atoms with Crippen molar-refractivity contribution in [3.63, 3.8) is 0 Å². The molecule has 0 saturated heterocycles. The number of unbranched alkanes of at least 4 members (excludes halogenated alkanes) is 1. The Morgan fingerprint density at radius 3 is 2.66 bits per heavy atom. The molecule has 9 heteroatoms. The van der Waals surface area contributed by atoms with E-state index in [1.54, 1.807) is 7.11 Å². The summed E-state index contributed by atoms with van der Waals surface area (Å²) < 4.78 is 12.8. The number of fused-ring (bicyclic) bond motifs is 3. The monoisotopic (exact) mass is 442 g/mol. The number of hydrogen-bond donors (Lipinski definition) is 2. The average Bonchev–Trinajstić information content (AvgIpc) is 3.19. The first-order valence-corrected chi connectivity index (χ1v) is 11.4. The van der Waals surface area contributed by atoms with Gasteiger partial charge in [0.15, 0.2) is 5.82 Å². The summed E-state index contributed by atoms with van der Waals surface area (Å²) in [6.07, 6.45) is 3.56. The molecular weight excluding hydrogens is 408 g/mol. The number of rotatable bonds is 13. The number of nitrogens with zero attached hydrogens (tertiary/aromatic N) is 4. The van der Waals surface area contributed by atoms with Crippen LogP contribution in [0.4, 0.5) is 5.82 Å². The smallest absolute Gasteiger partial charge is 0.223 e. The topological polar surface area (TPSA) is 103 Å². The molecule has 174 valence electrons. The third-order valence-electron chi connectivity index (χ3n) is 5.56. The highest BCUT2D eigenvalue weighted by atomic mass is 16.5. The van der Waals surface area contributed by atoms with E-state index in [1.165, 1.54) is 0 Å². The zero-order valence-electron chi connectivity index (χ0n) is 19.5. The number of nitrogens with one attached hydrogen (secondary N) is 2. The fraction of sp³-hybridized carbons (Fsp3) is 0.565. The lowest BCUT2D eigenvalue weighted by Gasteiger charge is -2.13. The Balaban J connectivity index is 1.64. The van der Waals surface area contributed by atoms with E-state index in [4.69, 9.17) is 14.5 Å². The minimum atomic E-state index is 0.114. The maximum atomic E-state index is 12.1. The molecule has 2 heterocycles. The summed E-state index contributed by atoms with van der Waals surface area (Å²) in [6, 6.07) is 5.81. The van der Waals surface area contributed by atoms with E-state index < -0.39 is 0 Å². The number of methoxy groups -OCH3 is 1. The van der Waals surface area contributed by atoms with Crippen molar-refractivity contribution in [2.75, 3.05) is 38.7 Å². The molecule has 1 aromatic carbocycles. The van der Waals surface area contributed by atoms with E-state index in [-0.39, 0.29) is 11.8 Å². The van der Waals surface area contributed by atoms with Gasteiger partial charge in [0, 0.05) is 32.2 Å². The van der Waals surface area contributed by atoms with Crippen LogP contribution in [0.1, 0.15) is 45.4 Å². The molecule has 0 bridgehead atoms. The fourth-order valence-electron chi connectivity index (χ4n) is 3.68. The van der Waals surface area contributed by atoms with E-state index in [9.17, 15) is 4.79 Å². The number of ether oxygens (including phenoxy) is 2. The van der Waals surface area contributed by atoms with E-state index >= 15 is 0 Å². The number of amides is 1. The van der Waals surface area contributed by atoms with Crippen LogP contribution < -0.4 is 15.4 Å². The van der Waals surface area contributed by atoms with Crippen molar-refractivity contribution in [1.29, 1.82) is 0 Å². The van der Waals surface area contributed by atoms with Gasteiger partial charge in [-0.1, -0.05) is 13.8 Å². The Morgan fingerprint density at radius 2 is 1.91 bits per heavy atom. The van der Waals surface area contributed by atoms with Gasteiger partial charge in [-0.2, -0.15) is 0 Å². The predicted octanol–water partition coefficient (Wildman–Crippen LogP) is 3.36. The number of aromatic nitrogens is 4. The molecule has 0 aliphatic rings. The van der Waals surface area contributed by atoms with Crippen LogP contribution in [-0.2, 0) is 9.53 Å². The molecule has 0 aliphatic heterocycles. The molecule has 3 rings (SSSR count). The molecular formula is C23H34N6O3. The minimum Gasteiger partial charge on any atom is -0.491 e. The van der Waals surface area contributed by atoms with Crippen molar-refractivity contribution < 1.29 is 14.3 Å². The van der Waals surface area contributed by atoms with Gasteiger partial charge in [0.1, 0.15) is 18.2 Å². The Kier molecular flexibility index (Phi) is 8.61. The number of benzene rings is 1. The summed E-state index contributed by atoms with van der Waals surface area (Å²) >= 11 is 0.